The summed E-state index contributed by atoms with van der Waals surface area (Å²) in [5.74, 6) is 2.51. The second-order valence-corrected chi connectivity index (χ2v) is 9.05. The first-order valence-electron chi connectivity index (χ1n) is 8.57. The molecule has 0 amide bonds. The molecule has 0 radical (unpaired) electrons. The van der Waals surface area contributed by atoms with Crippen molar-refractivity contribution in [3.8, 4) is 0 Å². The van der Waals surface area contributed by atoms with E-state index in [0.29, 0.717) is 23.1 Å². The highest BCUT2D eigenvalue weighted by molar-refractivity contribution is 7.89. The molecule has 2 aromatic heterocycles. The Morgan fingerprint density at radius 3 is 2.44 bits per heavy atom. The summed E-state index contributed by atoms with van der Waals surface area (Å²) in [4.78, 5) is 27.7. The number of H-pyrrole nitrogens is 2. The average molecular weight is 389 g/mol. The molecule has 0 spiro atoms. The fourth-order valence-corrected chi connectivity index (χ4v) is 4.30. The van der Waals surface area contributed by atoms with Crippen molar-refractivity contribution in [3.05, 3.63) is 62.6 Å². The lowest BCUT2D eigenvalue weighted by Crippen LogP contribution is -2.29. The molecule has 8 nitrogen and oxygen atoms in total. The maximum absolute atomic E-state index is 12.9. The van der Waals surface area contributed by atoms with Crippen LogP contribution >= 0.6 is 0 Å². The van der Waals surface area contributed by atoms with E-state index in [1.54, 1.807) is 6.07 Å². The van der Waals surface area contributed by atoms with E-state index in [1.165, 1.54) is 29.6 Å². The van der Waals surface area contributed by atoms with Crippen molar-refractivity contribution < 1.29 is 12.8 Å². The van der Waals surface area contributed by atoms with E-state index in [-0.39, 0.29) is 17.0 Å². The third-order valence-electron chi connectivity index (χ3n) is 4.94. The van der Waals surface area contributed by atoms with E-state index in [2.05, 4.69) is 16.9 Å². The summed E-state index contributed by atoms with van der Waals surface area (Å²) in [5.41, 5.74) is -1.01. The first-order valence-corrected chi connectivity index (χ1v) is 10.0. The lowest BCUT2D eigenvalue weighted by atomic mass is 10.3. The van der Waals surface area contributed by atoms with Gasteiger partial charge in [0, 0.05) is 13.0 Å². The Hall–Kier alpha value is -2.65. The molecule has 2 heterocycles. The highest BCUT2D eigenvalue weighted by Gasteiger charge is 2.36. The molecule has 0 aliphatic heterocycles. The smallest absolute Gasteiger partial charge is 0.314 e. The minimum absolute atomic E-state index is 0.0165. The number of sulfonamides is 1. The second-order valence-electron chi connectivity index (χ2n) is 7.00. The van der Waals surface area contributed by atoms with Gasteiger partial charge in [0.25, 0.3) is 0 Å². The third kappa shape index (κ3) is 3.24. The summed E-state index contributed by atoms with van der Waals surface area (Å²) in [5, 5.41) is 0. The summed E-state index contributed by atoms with van der Waals surface area (Å²) < 4.78 is 32.7. The predicted octanol–water partition coefficient (Wildman–Crippen LogP) is 1.75. The van der Waals surface area contributed by atoms with Crippen LogP contribution in [0.5, 0.6) is 0 Å². The molecule has 9 heteroatoms. The standard InChI is InChI=1S/C18H19N3O5S/c1-10-7-13(10)16-6-3-11(26-16)9-21(2)27(24,25)12-4-5-14-15(8-12)20-18(23)17(22)19-14/h3-6,8,10,13H,7,9H2,1-2H3,(H,19,22)(H,20,23)/t10-,13+/m0/s1. The van der Waals surface area contributed by atoms with Gasteiger partial charge in [-0.25, -0.2) is 8.42 Å². The molecule has 1 aromatic carbocycles. The van der Waals surface area contributed by atoms with Gasteiger partial charge in [-0.2, -0.15) is 4.31 Å². The molecule has 4 rings (SSSR count). The minimum Gasteiger partial charge on any atom is -0.464 e. The molecular formula is C18H19N3O5S. The van der Waals surface area contributed by atoms with E-state index >= 15 is 0 Å². The van der Waals surface area contributed by atoms with Gasteiger partial charge in [0.2, 0.25) is 10.0 Å². The van der Waals surface area contributed by atoms with Crippen molar-refractivity contribution in [1.82, 2.24) is 14.3 Å². The number of nitrogens with zero attached hydrogens (tertiary/aromatic N) is 1. The van der Waals surface area contributed by atoms with Crippen LogP contribution in [0.3, 0.4) is 0 Å². The predicted molar refractivity (Wildman–Crippen MR) is 99.1 cm³/mol. The Bertz CT molecular complexity index is 1240. The van der Waals surface area contributed by atoms with Crippen LogP contribution < -0.4 is 11.1 Å². The van der Waals surface area contributed by atoms with Crippen molar-refractivity contribution in [1.29, 1.82) is 0 Å². The van der Waals surface area contributed by atoms with Gasteiger partial charge < -0.3 is 14.4 Å². The molecule has 0 unspecified atom stereocenters. The highest BCUT2D eigenvalue weighted by Crippen LogP contribution is 2.47. The van der Waals surface area contributed by atoms with Gasteiger partial charge in [-0.15, -0.1) is 0 Å². The molecular weight excluding hydrogens is 370 g/mol. The second kappa shape index (κ2) is 6.21. The van der Waals surface area contributed by atoms with Gasteiger partial charge in [-0.05, 0) is 42.7 Å². The number of furan rings is 1. The zero-order chi connectivity index (χ0) is 19.3. The molecule has 27 heavy (non-hydrogen) atoms. The summed E-state index contributed by atoms with van der Waals surface area (Å²) >= 11 is 0. The number of aromatic nitrogens is 2. The molecule has 0 bridgehead atoms. The van der Waals surface area contributed by atoms with Crippen molar-refractivity contribution in [2.45, 2.75) is 30.7 Å². The summed E-state index contributed by atoms with van der Waals surface area (Å²) in [6, 6.07) is 7.88. The summed E-state index contributed by atoms with van der Waals surface area (Å²) in [6.45, 7) is 2.25. The van der Waals surface area contributed by atoms with Crippen LogP contribution in [-0.2, 0) is 16.6 Å². The normalized spacial score (nSPS) is 19.7. The van der Waals surface area contributed by atoms with Crippen LogP contribution in [0.4, 0.5) is 0 Å². The maximum Gasteiger partial charge on any atom is 0.314 e. The molecule has 2 atom stereocenters. The van der Waals surface area contributed by atoms with Crippen LogP contribution in [0.2, 0.25) is 0 Å². The van der Waals surface area contributed by atoms with Crippen LogP contribution in [-0.4, -0.2) is 29.7 Å². The van der Waals surface area contributed by atoms with Crippen LogP contribution in [0.25, 0.3) is 11.0 Å². The quantitative estimate of drug-likeness (QED) is 0.645. The fourth-order valence-electron chi connectivity index (χ4n) is 3.14. The number of hydrogen-bond donors (Lipinski definition) is 2. The highest BCUT2D eigenvalue weighted by atomic mass is 32.2. The summed E-state index contributed by atoms with van der Waals surface area (Å²) in [6.07, 6.45) is 1.10. The van der Waals surface area contributed by atoms with Gasteiger partial charge in [0.05, 0.1) is 22.5 Å². The number of aromatic amines is 2. The maximum atomic E-state index is 12.9. The molecule has 142 valence electrons. The van der Waals surface area contributed by atoms with Gasteiger partial charge in [-0.1, -0.05) is 6.92 Å². The lowest BCUT2D eigenvalue weighted by Gasteiger charge is -2.16. The van der Waals surface area contributed by atoms with Gasteiger partial charge in [-0.3, -0.25) is 9.59 Å². The van der Waals surface area contributed by atoms with Crippen LogP contribution in [0.15, 0.2) is 49.2 Å². The topological polar surface area (TPSA) is 116 Å². The molecule has 1 fully saturated rings. The minimum atomic E-state index is -3.80. The third-order valence-corrected chi connectivity index (χ3v) is 6.74. The van der Waals surface area contributed by atoms with Crippen molar-refractivity contribution in [2.75, 3.05) is 7.05 Å². The molecule has 1 saturated carbocycles. The van der Waals surface area contributed by atoms with E-state index in [9.17, 15) is 18.0 Å². The lowest BCUT2D eigenvalue weighted by molar-refractivity contribution is 0.390. The molecule has 1 aliphatic carbocycles. The average Bonchev–Trinajstić information content (AvgIpc) is 3.17. The number of benzene rings is 1. The van der Waals surface area contributed by atoms with Crippen LogP contribution in [0, 0.1) is 5.92 Å². The van der Waals surface area contributed by atoms with Gasteiger partial charge in [0.1, 0.15) is 11.5 Å². The number of fused-ring (bicyclic) bond motifs is 1. The monoisotopic (exact) mass is 389 g/mol. The van der Waals surface area contributed by atoms with Crippen molar-refractivity contribution >= 4 is 21.1 Å². The zero-order valence-corrected chi connectivity index (χ0v) is 15.7. The Morgan fingerprint density at radius 2 is 1.78 bits per heavy atom. The largest absolute Gasteiger partial charge is 0.464 e. The van der Waals surface area contributed by atoms with E-state index < -0.39 is 21.1 Å². The Morgan fingerprint density at radius 1 is 1.11 bits per heavy atom. The van der Waals surface area contributed by atoms with E-state index in [4.69, 9.17) is 4.42 Å². The van der Waals surface area contributed by atoms with Crippen molar-refractivity contribution in [2.24, 2.45) is 5.92 Å². The van der Waals surface area contributed by atoms with Gasteiger partial charge >= 0.3 is 11.1 Å². The molecule has 1 aliphatic rings. The number of nitrogens with one attached hydrogen (secondary N) is 2. The molecule has 2 N–H and O–H groups in total. The van der Waals surface area contributed by atoms with Crippen LogP contribution in [0.1, 0.15) is 30.8 Å². The molecule has 3 aromatic rings. The van der Waals surface area contributed by atoms with E-state index in [0.717, 1.165) is 12.2 Å². The van der Waals surface area contributed by atoms with E-state index in [1.807, 2.05) is 6.07 Å². The molecule has 0 saturated heterocycles. The van der Waals surface area contributed by atoms with Crippen molar-refractivity contribution in [3.63, 3.8) is 0 Å². The Kier molecular flexibility index (Phi) is 4.08. The van der Waals surface area contributed by atoms with Gasteiger partial charge in [0.15, 0.2) is 0 Å². The Balaban J connectivity index is 1.61. The SMILES string of the molecule is C[C@H]1C[C@H]1c1ccc(CN(C)S(=O)(=O)c2ccc3[nH]c(=O)c(=O)[nH]c3c2)o1. The first kappa shape index (κ1) is 17.7. The number of hydrogen-bond acceptors (Lipinski definition) is 5. The first-order chi connectivity index (χ1) is 12.8. The Labute approximate surface area is 154 Å². The fraction of sp³-hybridized carbons (Fsp3) is 0.333. The zero-order valence-electron chi connectivity index (χ0n) is 14.9. The summed E-state index contributed by atoms with van der Waals surface area (Å²) in [7, 11) is -2.33. The number of rotatable bonds is 5.